The molecule has 0 saturated heterocycles. The van der Waals surface area contributed by atoms with Crippen LogP contribution in [-0.4, -0.2) is 0 Å². The molecule has 0 amide bonds. The van der Waals surface area contributed by atoms with Gasteiger partial charge < -0.3 is 0 Å². The zero-order valence-electron chi connectivity index (χ0n) is 61.2. The normalized spacial score (nSPS) is 13.7. The molecular formula is C94H100. The Morgan fingerprint density at radius 1 is 0.149 bits per heavy atom. The lowest BCUT2D eigenvalue weighted by Crippen LogP contribution is -2.16. The summed E-state index contributed by atoms with van der Waals surface area (Å²) in [6.45, 7) is 57.1. The number of rotatable bonds is 4. The van der Waals surface area contributed by atoms with Crippen LogP contribution in [0.5, 0.6) is 0 Å². The molecule has 0 aromatic heterocycles. The van der Waals surface area contributed by atoms with Crippen LogP contribution in [0.2, 0.25) is 0 Å². The fourth-order valence-electron chi connectivity index (χ4n) is 15.7. The molecule has 0 aliphatic carbocycles. The number of hydrogen-bond donors (Lipinski definition) is 0. The first kappa shape index (κ1) is 63.3. The van der Waals surface area contributed by atoms with E-state index in [9.17, 15) is 0 Å². The fourth-order valence-corrected chi connectivity index (χ4v) is 15.7. The van der Waals surface area contributed by atoms with E-state index in [-0.39, 0.29) is 43.3 Å². The lowest BCUT2D eigenvalue weighted by Gasteiger charge is -2.28. The van der Waals surface area contributed by atoms with Crippen LogP contribution in [-0.2, 0) is 43.3 Å². The first-order chi connectivity index (χ1) is 43.7. The van der Waals surface area contributed by atoms with Crippen LogP contribution in [0.1, 0.15) is 211 Å². The highest BCUT2D eigenvalue weighted by Crippen LogP contribution is 2.58. The molecule has 0 aliphatic heterocycles. The molecule has 0 fully saturated rings. The molecule has 14 aromatic carbocycles. The lowest BCUT2D eigenvalue weighted by molar-refractivity contribution is 0.568. The van der Waals surface area contributed by atoms with Gasteiger partial charge >= 0.3 is 0 Å². The van der Waals surface area contributed by atoms with Crippen molar-refractivity contribution in [1.82, 2.24) is 0 Å². The number of hydrogen-bond acceptors (Lipinski definition) is 0. The van der Waals surface area contributed by atoms with E-state index in [2.05, 4.69) is 336 Å². The van der Waals surface area contributed by atoms with Crippen molar-refractivity contribution in [3.63, 3.8) is 0 Å². The predicted octanol–water partition coefficient (Wildman–Crippen LogP) is 28.0. The molecule has 0 heterocycles. The van der Waals surface area contributed by atoms with Gasteiger partial charge in [-0.25, -0.2) is 0 Å². The zero-order chi connectivity index (χ0) is 67.4. The topological polar surface area (TPSA) is 0 Å². The predicted molar refractivity (Wildman–Crippen MR) is 418 cm³/mol. The lowest BCUT2D eigenvalue weighted by atomic mass is 9.76. The Bertz CT molecular complexity index is 4980. The summed E-state index contributed by atoms with van der Waals surface area (Å²) in [6.07, 6.45) is 0. The molecule has 14 aromatic rings. The molecule has 0 heteroatoms. The van der Waals surface area contributed by atoms with Crippen LogP contribution in [0.25, 0.3) is 141 Å². The van der Waals surface area contributed by atoms with E-state index >= 15 is 0 Å². The van der Waals surface area contributed by atoms with Crippen LogP contribution in [0, 0.1) is 0 Å². The molecule has 476 valence electrons. The minimum Gasteiger partial charge on any atom is -0.0616 e. The van der Waals surface area contributed by atoms with Gasteiger partial charge in [0.1, 0.15) is 0 Å². The van der Waals surface area contributed by atoms with Crippen LogP contribution in [0.3, 0.4) is 0 Å². The van der Waals surface area contributed by atoms with Crippen molar-refractivity contribution >= 4 is 97.0 Å². The van der Waals surface area contributed by atoms with Crippen LogP contribution >= 0.6 is 0 Å². The molecule has 0 aliphatic rings. The summed E-state index contributed by atoms with van der Waals surface area (Å²) >= 11 is 0. The molecule has 0 bridgehead atoms. The number of benzene rings is 12. The van der Waals surface area contributed by atoms with Gasteiger partial charge in [-0.2, -0.15) is 0 Å². The van der Waals surface area contributed by atoms with Crippen molar-refractivity contribution in [2.45, 2.75) is 209 Å². The third kappa shape index (κ3) is 10.2. The van der Waals surface area contributed by atoms with E-state index in [1.54, 1.807) is 0 Å². The molecule has 14 rings (SSSR count). The molecule has 0 nitrogen and oxygen atoms in total. The van der Waals surface area contributed by atoms with Crippen molar-refractivity contribution in [1.29, 1.82) is 0 Å². The van der Waals surface area contributed by atoms with E-state index in [4.69, 9.17) is 0 Å². The Kier molecular flexibility index (Phi) is 14.0. The maximum Gasteiger partial charge on any atom is -0.000719 e. The van der Waals surface area contributed by atoms with Crippen LogP contribution in [0.15, 0.2) is 170 Å². The molecule has 0 spiro atoms. The third-order valence-corrected chi connectivity index (χ3v) is 21.4. The van der Waals surface area contributed by atoms with Crippen molar-refractivity contribution in [3.8, 4) is 44.5 Å². The van der Waals surface area contributed by atoms with Crippen molar-refractivity contribution in [3.05, 3.63) is 214 Å². The van der Waals surface area contributed by atoms with Crippen molar-refractivity contribution < 1.29 is 0 Å². The van der Waals surface area contributed by atoms with Gasteiger partial charge in [0.25, 0.3) is 0 Å². The smallest absolute Gasteiger partial charge is 0.000719 e. The van der Waals surface area contributed by atoms with E-state index < -0.39 is 0 Å². The molecule has 0 radical (unpaired) electrons. The minimum atomic E-state index is -0.0802. The van der Waals surface area contributed by atoms with Crippen molar-refractivity contribution in [2.24, 2.45) is 0 Å². The average molecular weight is 1230 g/mol. The summed E-state index contributed by atoms with van der Waals surface area (Å²) in [6, 6.07) is 69.1. The summed E-state index contributed by atoms with van der Waals surface area (Å²) < 4.78 is 0. The number of fused-ring (bicyclic) bond motifs is 11. The standard InChI is InChI=1S/C94H100/c1-87(2,3)57-39-53(40-58(47-57)88(4,5)6)77-65-31-25-27-33-67(65)79(55-43-61(91(13,14)15)49-62(44-55)92(16,17)18)85-75-51-73-70-36-30-38-72-82(70)76(52-74(73)69-35-29-37-71(81(69)75)83(77)85)86-80(56-45-63(93(19,20)21)50-64(46-56)94(22,23)24)68-34-28-26-32-66(68)78(84(72)86)54-41-59(89(7,8)9)48-60(42-54)90(10,11)12/h25-52H,1-24H3. The Morgan fingerprint density at radius 2 is 0.330 bits per heavy atom. The first-order valence-corrected chi connectivity index (χ1v) is 35.0. The molecule has 0 N–H and O–H groups in total. The van der Waals surface area contributed by atoms with Gasteiger partial charge in [-0.1, -0.05) is 324 Å². The Hall–Kier alpha value is -8.06. The van der Waals surface area contributed by atoms with Crippen molar-refractivity contribution in [2.75, 3.05) is 0 Å². The van der Waals surface area contributed by atoms with Gasteiger partial charge in [-0.05, 0) is 241 Å². The van der Waals surface area contributed by atoms with Crippen LogP contribution in [0.4, 0.5) is 0 Å². The van der Waals surface area contributed by atoms with Gasteiger partial charge in [0.2, 0.25) is 0 Å². The molecule has 94 heavy (non-hydrogen) atoms. The highest BCUT2D eigenvalue weighted by molar-refractivity contribution is 6.47. The maximum absolute atomic E-state index is 2.66. The van der Waals surface area contributed by atoms with E-state index in [1.807, 2.05) is 0 Å². The summed E-state index contributed by atoms with van der Waals surface area (Å²) in [4.78, 5) is 0. The maximum atomic E-state index is 2.66. The highest BCUT2D eigenvalue weighted by atomic mass is 14.4. The monoisotopic (exact) mass is 1230 g/mol. The van der Waals surface area contributed by atoms with Crippen LogP contribution < -0.4 is 0 Å². The second kappa shape index (κ2) is 20.7. The van der Waals surface area contributed by atoms with E-state index in [1.165, 1.54) is 186 Å². The first-order valence-electron chi connectivity index (χ1n) is 35.0. The second-order valence-electron chi connectivity index (χ2n) is 36.7. The second-order valence-corrected chi connectivity index (χ2v) is 36.7. The Balaban J connectivity index is 1.24. The minimum absolute atomic E-state index is 0.0728. The summed E-state index contributed by atoms with van der Waals surface area (Å²) in [5, 5.41) is 23.7. The summed E-state index contributed by atoms with van der Waals surface area (Å²) in [5.41, 5.74) is 20.7. The quantitative estimate of drug-likeness (QED) is 0.154. The van der Waals surface area contributed by atoms with Gasteiger partial charge in [0, 0.05) is 0 Å². The zero-order valence-corrected chi connectivity index (χ0v) is 61.2. The fraction of sp³-hybridized carbons (Fsp3) is 0.340. The SMILES string of the molecule is CC(C)(C)c1cc(-c2c3ccccc3c(-c3cc(C(C)(C)C)cc(C(C)(C)C)c3)c3c4cc5c(cc6c7c(-c8cc(C(C)(C)C)cc(C(C)(C)C)c8)c8ccccc8c(-c8cc(C(C)(C)C)cc(C(C)(C)C)c8)c7c7cccc5c76)c5cccc(c23)c54)cc(C(C)(C)C)c1. The average Bonchev–Trinajstić information content (AvgIpc) is 1.50. The Morgan fingerprint density at radius 3 is 0.532 bits per heavy atom. The van der Waals surface area contributed by atoms with E-state index in [0.717, 1.165) is 0 Å². The van der Waals surface area contributed by atoms with Gasteiger partial charge in [0.05, 0.1) is 0 Å². The van der Waals surface area contributed by atoms with Gasteiger partial charge in [0.15, 0.2) is 0 Å². The molecule has 0 saturated carbocycles. The molecule has 0 atom stereocenters. The molecule has 0 unspecified atom stereocenters. The largest absolute Gasteiger partial charge is 0.0616 e. The molecular weight excluding hydrogens is 1130 g/mol. The van der Waals surface area contributed by atoms with Gasteiger partial charge in [-0.3, -0.25) is 0 Å². The Labute approximate surface area is 561 Å². The van der Waals surface area contributed by atoms with E-state index in [0.29, 0.717) is 0 Å². The summed E-state index contributed by atoms with van der Waals surface area (Å²) in [7, 11) is 0. The summed E-state index contributed by atoms with van der Waals surface area (Å²) in [5.74, 6) is 0. The van der Waals surface area contributed by atoms with Gasteiger partial charge in [-0.15, -0.1) is 0 Å². The highest BCUT2D eigenvalue weighted by Gasteiger charge is 2.33. The third-order valence-electron chi connectivity index (χ3n) is 21.4.